The van der Waals surface area contributed by atoms with E-state index in [1.54, 1.807) is 0 Å². The van der Waals surface area contributed by atoms with Crippen molar-refractivity contribution in [3.8, 4) is 11.6 Å². The average molecular weight is 345 g/mol. The maximum atomic E-state index is 11.6. The topological polar surface area (TPSA) is 55.0 Å². The lowest BCUT2D eigenvalue weighted by Gasteiger charge is -2.09. The van der Waals surface area contributed by atoms with Gasteiger partial charge < -0.3 is 9.72 Å². The van der Waals surface area contributed by atoms with E-state index in [1.807, 2.05) is 43.3 Å². The molecule has 4 nitrogen and oxygen atoms in total. The van der Waals surface area contributed by atoms with E-state index < -0.39 is 0 Å². The smallest absolute Gasteiger partial charge is 0.254 e. The van der Waals surface area contributed by atoms with Crippen LogP contribution in [0.25, 0.3) is 10.8 Å². The van der Waals surface area contributed by atoms with Gasteiger partial charge >= 0.3 is 0 Å². The summed E-state index contributed by atoms with van der Waals surface area (Å²) < 4.78 is 6.61. The molecule has 1 heterocycles. The number of hydrogen-bond acceptors (Lipinski definition) is 3. The molecule has 0 radical (unpaired) electrons. The Labute approximate surface area is 129 Å². The highest BCUT2D eigenvalue weighted by Crippen LogP contribution is 2.35. The molecule has 0 amide bonds. The minimum atomic E-state index is -0.214. The summed E-state index contributed by atoms with van der Waals surface area (Å²) in [4.78, 5) is 18.5. The summed E-state index contributed by atoms with van der Waals surface area (Å²) in [5.74, 6) is 1.54. The fourth-order valence-electron chi connectivity index (χ4n) is 2.11. The molecule has 0 aliphatic heterocycles. The van der Waals surface area contributed by atoms with Gasteiger partial charge in [-0.05, 0) is 32.8 Å². The number of nitrogens with zero attached hydrogens (tertiary/aromatic N) is 1. The molecule has 106 valence electrons. The summed E-state index contributed by atoms with van der Waals surface area (Å²) in [6.45, 7) is 1.92. The van der Waals surface area contributed by atoms with Gasteiger partial charge in [0.1, 0.15) is 11.6 Å². The maximum absolute atomic E-state index is 11.6. The van der Waals surface area contributed by atoms with E-state index in [0.29, 0.717) is 23.9 Å². The average Bonchev–Trinajstić information content (AvgIpc) is 2.50. The minimum Gasteiger partial charge on any atom is -0.438 e. The molecule has 1 N–H and O–H groups in total. The van der Waals surface area contributed by atoms with Gasteiger partial charge in [0, 0.05) is 6.42 Å². The van der Waals surface area contributed by atoms with Crippen molar-refractivity contribution in [2.45, 2.75) is 13.3 Å². The Morgan fingerprint density at radius 3 is 2.86 bits per heavy atom. The molecule has 3 aromatic rings. The van der Waals surface area contributed by atoms with E-state index in [0.717, 1.165) is 15.2 Å². The number of H-pyrrole nitrogens is 1. The first kappa shape index (κ1) is 13.8. The number of fused-ring (bicyclic) bond motifs is 1. The number of halogens is 1. The number of nitrogens with one attached hydrogen (secondary N) is 1. The summed E-state index contributed by atoms with van der Waals surface area (Å²) in [7, 11) is 0. The Morgan fingerprint density at radius 1 is 1.24 bits per heavy atom. The molecule has 2 aromatic carbocycles. The van der Waals surface area contributed by atoms with Crippen LogP contribution < -0.4 is 10.3 Å². The van der Waals surface area contributed by atoms with Crippen molar-refractivity contribution in [3.63, 3.8) is 0 Å². The third kappa shape index (κ3) is 2.83. The molecule has 0 aliphatic rings. The van der Waals surface area contributed by atoms with Crippen molar-refractivity contribution in [1.82, 2.24) is 9.97 Å². The summed E-state index contributed by atoms with van der Waals surface area (Å²) in [5, 5.41) is 2.17. The zero-order valence-electron chi connectivity index (χ0n) is 11.4. The van der Waals surface area contributed by atoms with Crippen LogP contribution in [0, 0.1) is 0 Å². The number of aryl methyl sites for hydroxylation is 1. The molecule has 0 fully saturated rings. The van der Waals surface area contributed by atoms with Gasteiger partial charge in [0.25, 0.3) is 5.56 Å². The first-order valence-electron chi connectivity index (χ1n) is 6.62. The van der Waals surface area contributed by atoms with Crippen LogP contribution in [0.3, 0.4) is 0 Å². The van der Waals surface area contributed by atoms with E-state index in [1.165, 1.54) is 6.07 Å². The van der Waals surface area contributed by atoms with Gasteiger partial charge in [-0.25, -0.2) is 0 Å². The fourth-order valence-corrected chi connectivity index (χ4v) is 2.68. The second-order valence-corrected chi connectivity index (χ2v) is 5.38. The Kier molecular flexibility index (Phi) is 3.75. The fraction of sp³-hybridized carbons (Fsp3) is 0.125. The monoisotopic (exact) mass is 344 g/mol. The first-order chi connectivity index (χ1) is 10.2. The van der Waals surface area contributed by atoms with Crippen LogP contribution in [-0.4, -0.2) is 9.97 Å². The molecule has 3 rings (SSSR count). The Balaban J connectivity index is 2.04. The number of aromatic nitrogens is 2. The van der Waals surface area contributed by atoms with Gasteiger partial charge in [-0.2, -0.15) is 4.98 Å². The van der Waals surface area contributed by atoms with Gasteiger partial charge in [-0.15, -0.1) is 0 Å². The van der Waals surface area contributed by atoms with E-state index in [4.69, 9.17) is 4.74 Å². The molecule has 0 aliphatic carbocycles. The number of ether oxygens (including phenoxy) is 1. The van der Waals surface area contributed by atoms with Crippen LogP contribution in [-0.2, 0) is 6.42 Å². The lowest BCUT2D eigenvalue weighted by molar-refractivity contribution is 0.456. The lowest BCUT2D eigenvalue weighted by atomic mass is 10.1. The highest BCUT2D eigenvalue weighted by molar-refractivity contribution is 9.10. The Hall–Kier alpha value is -2.14. The first-order valence-corrected chi connectivity index (χ1v) is 7.42. The van der Waals surface area contributed by atoms with E-state index in [2.05, 4.69) is 25.9 Å². The molecular weight excluding hydrogens is 332 g/mol. The summed E-state index contributed by atoms with van der Waals surface area (Å²) >= 11 is 3.55. The third-order valence-electron chi connectivity index (χ3n) is 3.14. The Bertz CT molecular complexity index is 858. The second-order valence-electron chi connectivity index (χ2n) is 4.58. The summed E-state index contributed by atoms with van der Waals surface area (Å²) in [6, 6.07) is 13.2. The van der Waals surface area contributed by atoms with Gasteiger partial charge in [0.05, 0.1) is 10.5 Å². The van der Waals surface area contributed by atoms with E-state index in [-0.39, 0.29) is 5.56 Å². The van der Waals surface area contributed by atoms with Crippen molar-refractivity contribution in [2.75, 3.05) is 0 Å². The van der Waals surface area contributed by atoms with Gasteiger partial charge in [0.2, 0.25) is 5.88 Å². The predicted octanol–water partition coefficient (Wildman–Crippen LogP) is 4.04. The number of rotatable bonds is 3. The normalized spacial score (nSPS) is 10.8. The molecule has 21 heavy (non-hydrogen) atoms. The van der Waals surface area contributed by atoms with Gasteiger partial charge in [-0.1, -0.05) is 37.3 Å². The van der Waals surface area contributed by atoms with Crippen molar-refractivity contribution >= 4 is 26.7 Å². The Morgan fingerprint density at radius 2 is 2.05 bits per heavy atom. The van der Waals surface area contributed by atoms with Gasteiger partial charge in [0.15, 0.2) is 0 Å². The van der Waals surface area contributed by atoms with E-state index >= 15 is 0 Å². The maximum Gasteiger partial charge on any atom is 0.254 e. The van der Waals surface area contributed by atoms with Crippen LogP contribution in [0.5, 0.6) is 11.6 Å². The van der Waals surface area contributed by atoms with Crippen LogP contribution in [0.4, 0.5) is 0 Å². The largest absolute Gasteiger partial charge is 0.438 e. The molecular formula is C16H13BrN2O2. The molecule has 5 heteroatoms. The van der Waals surface area contributed by atoms with E-state index in [9.17, 15) is 4.79 Å². The van der Waals surface area contributed by atoms with Crippen LogP contribution in [0.2, 0.25) is 0 Å². The summed E-state index contributed by atoms with van der Waals surface area (Å²) in [6.07, 6.45) is 0.644. The third-order valence-corrected chi connectivity index (χ3v) is 3.96. The van der Waals surface area contributed by atoms with Crippen molar-refractivity contribution in [2.24, 2.45) is 0 Å². The summed E-state index contributed by atoms with van der Waals surface area (Å²) in [5.41, 5.74) is -0.214. The second kappa shape index (κ2) is 5.69. The van der Waals surface area contributed by atoms with Crippen LogP contribution >= 0.6 is 15.9 Å². The zero-order chi connectivity index (χ0) is 14.8. The van der Waals surface area contributed by atoms with Crippen LogP contribution in [0.1, 0.15) is 12.7 Å². The molecule has 0 atom stereocenters. The SMILES string of the molecule is CCc1nc(Oc2ccc3ccccc3c2Br)cc(=O)[nH]1. The molecule has 0 unspecified atom stereocenters. The van der Waals surface area contributed by atoms with Crippen molar-refractivity contribution < 1.29 is 4.74 Å². The zero-order valence-corrected chi connectivity index (χ0v) is 13.0. The van der Waals surface area contributed by atoms with Crippen molar-refractivity contribution in [3.05, 3.63) is 63.1 Å². The number of aromatic amines is 1. The number of benzene rings is 2. The highest BCUT2D eigenvalue weighted by atomic mass is 79.9. The quantitative estimate of drug-likeness (QED) is 0.779. The minimum absolute atomic E-state index is 0.214. The number of hydrogen-bond donors (Lipinski definition) is 1. The standard InChI is InChI=1S/C16H13BrN2O2/c1-2-13-18-14(20)9-15(19-13)21-12-8-7-10-5-3-4-6-11(10)16(12)17/h3-9H,2H2,1H3,(H,18,19,20). The highest BCUT2D eigenvalue weighted by Gasteiger charge is 2.09. The van der Waals surface area contributed by atoms with Crippen molar-refractivity contribution in [1.29, 1.82) is 0 Å². The van der Waals surface area contributed by atoms with Gasteiger partial charge in [-0.3, -0.25) is 4.79 Å². The molecule has 0 spiro atoms. The molecule has 0 bridgehead atoms. The molecule has 0 saturated carbocycles. The molecule has 0 saturated heterocycles. The predicted molar refractivity (Wildman–Crippen MR) is 86.0 cm³/mol. The lowest BCUT2D eigenvalue weighted by Crippen LogP contribution is -2.10. The van der Waals surface area contributed by atoms with Crippen LogP contribution in [0.15, 0.2) is 51.7 Å². The molecule has 1 aromatic heterocycles.